The summed E-state index contributed by atoms with van der Waals surface area (Å²) in [5.41, 5.74) is 8.40. The summed E-state index contributed by atoms with van der Waals surface area (Å²) in [6.07, 6.45) is 2.28. The zero-order valence-electron chi connectivity index (χ0n) is 13.8. The van der Waals surface area contributed by atoms with E-state index in [9.17, 15) is 0 Å². The van der Waals surface area contributed by atoms with E-state index in [0.717, 1.165) is 29.9 Å². The number of benzene rings is 1. The molecule has 0 bridgehead atoms. The molecule has 1 heterocycles. The van der Waals surface area contributed by atoms with Crippen LogP contribution in [0.2, 0.25) is 0 Å². The predicted octanol–water partition coefficient (Wildman–Crippen LogP) is 2.75. The van der Waals surface area contributed by atoms with Gasteiger partial charge in [0.1, 0.15) is 17.6 Å². The second kappa shape index (κ2) is 6.67. The molecule has 0 radical (unpaired) electrons. The highest BCUT2D eigenvalue weighted by Crippen LogP contribution is 2.39. The molecule has 0 fully saturated rings. The summed E-state index contributed by atoms with van der Waals surface area (Å²) in [6.45, 7) is 7.07. The van der Waals surface area contributed by atoms with Gasteiger partial charge in [0, 0.05) is 30.1 Å². The van der Waals surface area contributed by atoms with Crippen LogP contribution in [0.4, 0.5) is 0 Å². The summed E-state index contributed by atoms with van der Waals surface area (Å²) in [4.78, 5) is 2.32. The molecule has 0 amide bonds. The number of rotatable bonds is 6. The van der Waals surface area contributed by atoms with Crippen LogP contribution in [0.15, 0.2) is 12.1 Å². The van der Waals surface area contributed by atoms with Crippen molar-refractivity contribution in [3.8, 4) is 11.5 Å². The summed E-state index contributed by atoms with van der Waals surface area (Å²) in [5.74, 6) is 1.89. The smallest absolute Gasteiger partial charge is 0.124 e. The molecule has 0 aliphatic carbocycles. The maximum atomic E-state index is 6.06. The lowest BCUT2D eigenvalue weighted by atomic mass is 9.99. The van der Waals surface area contributed by atoms with E-state index in [1.165, 1.54) is 5.56 Å². The Balaban J connectivity index is 2.39. The van der Waals surface area contributed by atoms with Gasteiger partial charge >= 0.3 is 0 Å². The number of nitrogens with zero attached hydrogens (tertiary/aromatic N) is 1. The van der Waals surface area contributed by atoms with Crippen molar-refractivity contribution in [1.29, 1.82) is 0 Å². The monoisotopic (exact) mass is 292 g/mol. The third-order valence-corrected chi connectivity index (χ3v) is 4.61. The Morgan fingerprint density at radius 2 is 2.19 bits per heavy atom. The molecule has 118 valence electrons. The molecule has 1 aliphatic rings. The van der Waals surface area contributed by atoms with Gasteiger partial charge in [-0.1, -0.05) is 6.92 Å². The van der Waals surface area contributed by atoms with Crippen molar-refractivity contribution in [3.05, 3.63) is 23.3 Å². The molecule has 1 aromatic rings. The van der Waals surface area contributed by atoms with Crippen molar-refractivity contribution in [2.24, 2.45) is 5.73 Å². The van der Waals surface area contributed by atoms with E-state index in [1.54, 1.807) is 7.11 Å². The molecule has 0 saturated carbocycles. The lowest BCUT2D eigenvalue weighted by Gasteiger charge is -2.33. The first-order chi connectivity index (χ1) is 10.0. The van der Waals surface area contributed by atoms with Crippen LogP contribution in [-0.4, -0.2) is 37.7 Å². The van der Waals surface area contributed by atoms with E-state index in [2.05, 4.69) is 44.9 Å². The Bertz CT molecular complexity index is 490. The summed E-state index contributed by atoms with van der Waals surface area (Å²) in [5, 5.41) is 0. The predicted molar refractivity (Wildman–Crippen MR) is 86.1 cm³/mol. The van der Waals surface area contributed by atoms with Gasteiger partial charge in [0.2, 0.25) is 0 Å². The highest BCUT2D eigenvalue weighted by Gasteiger charge is 2.27. The molecule has 21 heavy (non-hydrogen) atoms. The topological polar surface area (TPSA) is 47.7 Å². The Kier molecular flexibility index (Phi) is 5.12. The molecule has 3 atom stereocenters. The van der Waals surface area contributed by atoms with Crippen molar-refractivity contribution in [2.75, 3.05) is 20.7 Å². The molecule has 0 spiro atoms. The first kappa shape index (κ1) is 16.1. The van der Waals surface area contributed by atoms with E-state index < -0.39 is 0 Å². The maximum Gasteiger partial charge on any atom is 0.124 e. The molecular weight excluding hydrogens is 264 g/mol. The number of fused-ring (bicyclic) bond motifs is 1. The fraction of sp³-hybridized carbons (Fsp3) is 0.647. The second-order valence-electron chi connectivity index (χ2n) is 6.01. The zero-order valence-corrected chi connectivity index (χ0v) is 13.8. The van der Waals surface area contributed by atoms with E-state index in [-0.39, 0.29) is 12.1 Å². The van der Waals surface area contributed by atoms with Crippen LogP contribution >= 0.6 is 0 Å². The second-order valence-corrected chi connectivity index (χ2v) is 6.01. The number of hydrogen-bond acceptors (Lipinski definition) is 4. The molecule has 3 unspecified atom stereocenters. The Morgan fingerprint density at radius 3 is 2.76 bits per heavy atom. The number of nitrogens with two attached hydrogens (primary N) is 1. The van der Waals surface area contributed by atoms with E-state index >= 15 is 0 Å². The van der Waals surface area contributed by atoms with Crippen LogP contribution in [0.3, 0.4) is 0 Å². The van der Waals surface area contributed by atoms with Gasteiger partial charge in [-0.3, -0.25) is 4.90 Å². The van der Waals surface area contributed by atoms with Crippen molar-refractivity contribution in [1.82, 2.24) is 4.90 Å². The fourth-order valence-corrected chi connectivity index (χ4v) is 3.00. The van der Waals surface area contributed by atoms with E-state index in [0.29, 0.717) is 12.6 Å². The van der Waals surface area contributed by atoms with Crippen molar-refractivity contribution >= 4 is 0 Å². The minimum absolute atomic E-state index is 0.139. The Morgan fingerprint density at radius 1 is 1.48 bits per heavy atom. The Labute approximate surface area is 128 Å². The molecule has 1 aliphatic heterocycles. The minimum Gasteiger partial charge on any atom is -0.496 e. The third-order valence-electron chi connectivity index (χ3n) is 4.61. The molecule has 0 saturated heterocycles. The van der Waals surface area contributed by atoms with Crippen LogP contribution in [0.5, 0.6) is 11.5 Å². The quantitative estimate of drug-likeness (QED) is 0.876. The standard InChI is InChI=1S/C17H28N2O2/c1-6-11(2)19(4)15(10-18)14-9-16-13(7-12(3)21-16)8-17(14)20-5/h8-9,11-12,15H,6-7,10,18H2,1-5H3. The molecule has 2 N–H and O–H groups in total. The normalized spacial score (nSPS) is 20.0. The molecule has 0 aromatic heterocycles. The maximum absolute atomic E-state index is 6.06. The van der Waals surface area contributed by atoms with Gasteiger partial charge in [-0.15, -0.1) is 0 Å². The average Bonchev–Trinajstić information content (AvgIpc) is 2.85. The van der Waals surface area contributed by atoms with Gasteiger partial charge in [-0.2, -0.15) is 0 Å². The third kappa shape index (κ3) is 3.16. The van der Waals surface area contributed by atoms with Gasteiger partial charge in [0.15, 0.2) is 0 Å². The van der Waals surface area contributed by atoms with Crippen LogP contribution in [0.1, 0.15) is 44.4 Å². The van der Waals surface area contributed by atoms with Gasteiger partial charge in [-0.05, 0) is 39.4 Å². The van der Waals surface area contributed by atoms with Gasteiger partial charge in [-0.25, -0.2) is 0 Å². The van der Waals surface area contributed by atoms with Gasteiger partial charge < -0.3 is 15.2 Å². The number of ether oxygens (including phenoxy) is 2. The summed E-state index contributed by atoms with van der Waals surface area (Å²) in [6, 6.07) is 4.84. The number of methoxy groups -OCH3 is 1. The SMILES string of the molecule is CCC(C)N(C)C(CN)c1cc2c(cc1OC)CC(C)O2. The van der Waals surface area contributed by atoms with Crippen molar-refractivity contribution < 1.29 is 9.47 Å². The molecular formula is C17H28N2O2. The van der Waals surface area contributed by atoms with Crippen molar-refractivity contribution in [2.45, 2.75) is 51.8 Å². The van der Waals surface area contributed by atoms with E-state index in [1.807, 2.05) is 0 Å². The molecule has 4 heteroatoms. The van der Waals surface area contributed by atoms with Gasteiger partial charge in [0.05, 0.1) is 13.2 Å². The summed E-state index contributed by atoms with van der Waals surface area (Å²) in [7, 11) is 3.85. The largest absolute Gasteiger partial charge is 0.496 e. The van der Waals surface area contributed by atoms with E-state index in [4.69, 9.17) is 15.2 Å². The molecule has 4 nitrogen and oxygen atoms in total. The lowest BCUT2D eigenvalue weighted by Crippen LogP contribution is -2.36. The lowest BCUT2D eigenvalue weighted by molar-refractivity contribution is 0.181. The van der Waals surface area contributed by atoms with Crippen molar-refractivity contribution in [3.63, 3.8) is 0 Å². The summed E-state index contributed by atoms with van der Waals surface area (Å²) < 4.78 is 11.5. The van der Waals surface area contributed by atoms with Crippen LogP contribution in [-0.2, 0) is 6.42 Å². The van der Waals surface area contributed by atoms with Crippen LogP contribution < -0.4 is 15.2 Å². The molecule has 1 aromatic carbocycles. The minimum atomic E-state index is 0.139. The highest BCUT2D eigenvalue weighted by atomic mass is 16.5. The van der Waals surface area contributed by atoms with Crippen LogP contribution in [0, 0.1) is 0 Å². The zero-order chi connectivity index (χ0) is 15.6. The van der Waals surface area contributed by atoms with Crippen LogP contribution in [0.25, 0.3) is 0 Å². The summed E-state index contributed by atoms with van der Waals surface area (Å²) >= 11 is 0. The highest BCUT2D eigenvalue weighted by molar-refractivity contribution is 5.50. The fourth-order valence-electron chi connectivity index (χ4n) is 3.00. The number of hydrogen-bond donors (Lipinski definition) is 1. The first-order valence-corrected chi connectivity index (χ1v) is 7.81. The first-order valence-electron chi connectivity index (χ1n) is 7.81. The Hall–Kier alpha value is -1.26. The average molecular weight is 292 g/mol. The van der Waals surface area contributed by atoms with Gasteiger partial charge in [0.25, 0.3) is 0 Å². The number of likely N-dealkylation sites (N-methyl/N-ethyl adjacent to an activating group) is 1. The molecule has 2 rings (SSSR count).